The molecule has 0 aromatic rings. The molecule has 1 nitrogen and oxygen atoms in total. The molecule has 5 rings (SSSR count). The van der Waals surface area contributed by atoms with Gasteiger partial charge < -0.3 is 5.11 Å². The summed E-state index contributed by atoms with van der Waals surface area (Å²) in [6.07, 6.45) is 15.9. The average molecular weight is 439 g/mol. The summed E-state index contributed by atoms with van der Waals surface area (Å²) in [5.74, 6) is 3.00. The quantitative estimate of drug-likeness (QED) is 0.437. The highest BCUT2D eigenvalue weighted by Crippen LogP contribution is 2.89. The van der Waals surface area contributed by atoms with Crippen molar-refractivity contribution in [1.29, 1.82) is 0 Å². The molecule has 0 radical (unpaired) electrons. The summed E-state index contributed by atoms with van der Waals surface area (Å²) in [4.78, 5) is 0. The standard InChI is InChI=1S/C31H50O/c1-20(2)21(3)9-10-22(4)23-13-15-29(8)25-12-11-24-27(5,6)26(32)14-16-30(24)19-31(25,30)18-17-28(23,29)7/h10,21,23-26,32H,1,9,11-19H2,2-8H3/b22-10-/t21-,23-,24+,25+,26+,28-,29+,30-,31+/m1/s1. The lowest BCUT2D eigenvalue weighted by Crippen LogP contribution is -2.57. The van der Waals surface area contributed by atoms with Crippen LogP contribution in [0.5, 0.6) is 0 Å². The van der Waals surface area contributed by atoms with Crippen molar-refractivity contribution in [3.05, 3.63) is 23.8 Å². The second-order valence-corrected chi connectivity index (χ2v) is 14.4. The average Bonchev–Trinajstić information content (AvgIpc) is 3.31. The number of hydrogen-bond acceptors (Lipinski definition) is 1. The maximum absolute atomic E-state index is 10.9. The van der Waals surface area contributed by atoms with Crippen LogP contribution in [0.3, 0.4) is 0 Å². The molecule has 5 saturated carbocycles. The highest BCUT2D eigenvalue weighted by molar-refractivity contribution is 5.32. The number of fused-ring (bicyclic) bond motifs is 2. The van der Waals surface area contributed by atoms with Crippen LogP contribution in [-0.4, -0.2) is 11.2 Å². The van der Waals surface area contributed by atoms with Crippen LogP contribution in [0, 0.1) is 50.7 Å². The predicted octanol–water partition coefficient (Wildman–Crippen LogP) is 8.34. The summed E-state index contributed by atoms with van der Waals surface area (Å²) >= 11 is 0. The van der Waals surface area contributed by atoms with E-state index in [9.17, 15) is 5.11 Å². The van der Waals surface area contributed by atoms with Crippen molar-refractivity contribution in [3.8, 4) is 0 Å². The monoisotopic (exact) mass is 438 g/mol. The van der Waals surface area contributed by atoms with Gasteiger partial charge in [-0.2, -0.15) is 0 Å². The van der Waals surface area contributed by atoms with E-state index in [2.05, 4.69) is 61.1 Å². The maximum Gasteiger partial charge on any atom is 0.0594 e. The zero-order valence-corrected chi connectivity index (χ0v) is 22.2. The number of hydrogen-bond donors (Lipinski definition) is 1. The van der Waals surface area contributed by atoms with Crippen LogP contribution in [0.4, 0.5) is 0 Å². The van der Waals surface area contributed by atoms with E-state index >= 15 is 0 Å². The Morgan fingerprint density at radius 1 is 0.906 bits per heavy atom. The second kappa shape index (κ2) is 6.99. The Kier molecular flexibility index (Phi) is 5.07. The lowest BCUT2D eigenvalue weighted by Gasteiger charge is -2.63. The molecule has 5 aliphatic rings. The number of allylic oxidation sites excluding steroid dienone is 3. The van der Waals surface area contributed by atoms with Gasteiger partial charge in [0, 0.05) is 0 Å². The van der Waals surface area contributed by atoms with Gasteiger partial charge in [0.15, 0.2) is 0 Å². The second-order valence-electron chi connectivity index (χ2n) is 14.4. The molecule has 32 heavy (non-hydrogen) atoms. The third kappa shape index (κ3) is 2.67. The van der Waals surface area contributed by atoms with E-state index in [0.717, 1.165) is 30.6 Å². The van der Waals surface area contributed by atoms with Crippen LogP contribution in [0.1, 0.15) is 113 Å². The summed E-state index contributed by atoms with van der Waals surface area (Å²) < 4.78 is 0. The molecule has 0 aromatic heterocycles. The zero-order chi connectivity index (χ0) is 23.3. The van der Waals surface area contributed by atoms with Gasteiger partial charge in [0.05, 0.1) is 6.10 Å². The van der Waals surface area contributed by atoms with Crippen molar-refractivity contribution in [2.75, 3.05) is 0 Å². The summed E-state index contributed by atoms with van der Waals surface area (Å²) in [5, 5.41) is 10.9. The molecular weight excluding hydrogens is 388 g/mol. The van der Waals surface area contributed by atoms with Gasteiger partial charge in [-0.3, -0.25) is 0 Å². The van der Waals surface area contributed by atoms with Crippen LogP contribution in [-0.2, 0) is 0 Å². The van der Waals surface area contributed by atoms with Crippen LogP contribution in [0.15, 0.2) is 23.8 Å². The Bertz CT molecular complexity index is 835. The minimum Gasteiger partial charge on any atom is -0.393 e. The van der Waals surface area contributed by atoms with Gasteiger partial charge in [0.2, 0.25) is 0 Å². The fraction of sp³-hybridized carbons (Fsp3) is 0.871. The van der Waals surface area contributed by atoms with Gasteiger partial charge in [-0.15, -0.1) is 0 Å². The first kappa shape index (κ1) is 23.2. The minimum absolute atomic E-state index is 0.0954. The van der Waals surface area contributed by atoms with Gasteiger partial charge >= 0.3 is 0 Å². The number of rotatable bonds is 4. The first-order valence-electron chi connectivity index (χ1n) is 13.9. The van der Waals surface area contributed by atoms with Crippen LogP contribution in [0.25, 0.3) is 0 Å². The molecule has 1 heteroatoms. The van der Waals surface area contributed by atoms with E-state index in [0.29, 0.717) is 27.6 Å². The zero-order valence-electron chi connectivity index (χ0n) is 22.2. The van der Waals surface area contributed by atoms with Gasteiger partial charge in [0.25, 0.3) is 0 Å². The SMILES string of the molecule is C=C(C)[C@H](C)C/C=C(/C)[C@H]1CC[C@@]2(C)[C@@H]3CC[C@H]4C(C)(C)[C@@H](O)CC[C@@]45C[C@@]35CC[C@]12C. The molecule has 0 bridgehead atoms. The van der Waals surface area contributed by atoms with Gasteiger partial charge in [-0.25, -0.2) is 0 Å². The van der Waals surface area contributed by atoms with E-state index in [1.54, 1.807) is 5.57 Å². The van der Waals surface area contributed by atoms with Gasteiger partial charge in [0.1, 0.15) is 0 Å². The molecule has 2 spiro atoms. The molecular formula is C31H50O. The molecule has 0 aromatic carbocycles. The minimum atomic E-state index is -0.0954. The van der Waals surface area contributed by atoms with E-state index in [1.807, 2.05) is 0 Å². The molecule has 0 unspecified atom stereocenters. The normalized spacial score (nSPS) is 52.3. The predicted molar refractivity (Wildman–Crippen MR) is 135 cm³/mol. The Morgan fingerprint density at radius 3 is 2.25 bits per heavy atom. The van der Waals surface area contributed by atoms with Crippen LogP contribution < -0.4 is 0 Å². The molecule has 9 atom stereocenters. The molecule has 0 aliphatic heterocycles. The topological polar surface area (TPSA) is 20.2 Å². The largest absolute Gasteiger partial charge is 0.393 e. The molecule has 1 N–H and O–H groups in total. The van der Waals surface area contributed by atoms with Gasteiger partial charge in [-0.1, -0.05) is 58.4 Å². The summed E-state index contributed by atoms with van der Waals surface area (Å²) in [5.41, 5.74) is 5.18. The molecule has 0 saturated heterocycles. The van der Waals surface area contributed by atoms with E-state index in [1.165, 1.54) is 56.9 Å². The van der Waals surface area contributed by atoms with Crippen molar-refractivity contribution in [2.45, 2.75) is 119 Å². The van der Waals surface area contributed by atoms with Crippen molar-refractivity contribution in [2.24, 2.45) is 50.7 Å². The third-order valence-corrected chi connectivity index (χ3v) is 13.3. The van der Waals surface area contributed by atoms with Crippen molar-refractivity contribution < 1.29 is 5.11 Å². The molecule has 0 amide bonds. The number of aliphatic hydroxyl groups is 1. The summed E-state index contributed by atoms with van der Waals surface area (Å²) in [6, 6.07) is 0. The van der Waals surface area contributed by atoms with Crippen molar-refractivity contribution >= 4 is 0 Å². The van der Waals surface area contributed by atoms with Crippen LogP contribution in [0.2, 0.25) is 0 Å². The first-order chi connectivity index (χ1) is 14.9. The molecule has 180 valence electrons. The lowest BCUT2D eigenvalue weighted by molar-refractivity contribution is -0.157. The Morgan fingerprint density at radius 2 is 1.56 bits per heavy atom. The van der Waals surface area contributed by atoms with Crippen LogP contribution >= 0.6 is 0 Å². The smallest absolute Gasteiger partial charge is 0.0594 e. The Balaban J connectivity index is 1.43. The van der Waals surface area contributed by atoms with Crippen molar-refractivity contribution in [1.82, 2.24) is 0 Å². The highest BCUT2D eigenvalue weighted by atomic mass is 16.3. The fourth-order valence-electron chi connectivity index (χ4n) is 10.8. The van der Waals surface area contributed by atoms with E-state index in [-0.39, 0.29) is 11.5 Å². The Labute approximate surface area is 198 Å². The molecule has 5 fully saturated rings. The molecule has 0 heterocycles. The number of aliphatic hydroxyl groups excluding tert-OH is 1. The first-order valence-corrected chi connectivity index (χ1v) is 13.9. The summed E-state index contributed by atoms with van der Waals surface area (Å²) in [7, 11) is 0. The molecule has 5 aliphatic carbocycles. The fourth-order valence-corrected chi connectivity index (χ4v) is 10.8. The maximum atomic E-state index is 10.9. The van der Waals surface area contributed by atoms with Gasteiger partial charge in [-0.05, 0) is 129 Å². The Hall–Kier alpha value is -0.560. The third-order valence-electron chi connectivity index (χ3n) is 13.3. The lowest BCUT2D eigenvalue weighted by atomic mass is 9.42. The summed E-state index contributed by atoms with van der Waals surface area (Å²) in [6.45, 7) is 21.3. The van der Waals surface area contributed by atoms with E-state index < -0.39 is 0 Å². The van der Waals surface area contributed by atoms with E-state index in [4.69, 9.17) is 0 Å². The van der Waals surface area contributed by atoms with Crippen molar-refractivity contribution in [3.63, 3.8) is 0 Å². The highest BCUT2D eigenvalue weighted by Gasteiger charge is 2.82.